The van der Waals surface area contributed by atoms with E-state index in [9.17, 15) is 4.79 Å². The van der Waals surface area contributed by atoms with Crippen LogP contribution in [0.5, 0.6) is 0 Å². The van der Waals surface area contributed by atoms with Crippen LogP contribution in [-0.2, 0) is 6.54 Å². The van der Waals surface area contributed by atoms with Gasteiger partial charge in [-0.05, 0) is 36.6 Å². The van der Waals surface area contributed by atoms with Gasteiger partial charge in [0.05, 0.1) is 10.9 Å². The monoisotopic (exact) mass is 374 g/mol. The van der Waals surface area contributed by atoms with Gasteiger partial charge >= 0.3 is 5.63 Å². The molecule has 4 aromatic rings. The van der Waals surface area contributed by atoms with Crippen molar-refractivity contribution in [2.75, 3.05) is 0 Å². The van der Waals surface area contributed by atoms with Gasteiger partial charge in [-0.3, -0.25) is 0 Å². The van der Waals surface area contributed by atoms with Crippen molar-refractivity contribution in [1.82, 2.24) is 9.55 Å². The molecule has 0 amide bonds. The standard InChI is InChI=1S/C24H26N2O2/c1-3-5-10-17(4-2)16-26-21-14-9-6-11-18(21)15-22(26)23-25-20-13-8-7-12-19(20)24(27)28-23/h6-9,11-15,17H,3-5,10,16H2,1-2H3. The van der Waals surface area contributed by atoms with Gasteiger partial charge in [0.2, 0.25) is 5.89 Å². The van der Waals surface area contributed by atoms with Crippen molar-refractivity contribution in [3.05, 3.63) is 65.0 Å². The van der Waals surface area contributed by atoms with Crippen LogP contribution in [0.2, 0.25) is 0 Å². The van der Waals surface area contributed by atoms with Gasteiger partial charge < -0.3 is 8.98 Å². The zero-order chi connectivity index (χ0) is 19.5. The number of aromatic nitrogens is 2. The third kappa shape index (κ3) is 3.47. The van der Waals surface area contributed by atoms with Crippen LogP contribution in [0.25, 0.3) is 33.4 Å². The van der Waals surface area contributed by atoms with Gasteiger partial charge in [0.25, 0.3) is 0 Å². The predicted octanol–water partition coefficient (Wildman–Crippen LogP) is 6.03. The lowest BCUT2D eigenvalue weighted by Gasteiger charge is -2.18. The van der Waals surface area contributed by atoms with Crippen LogP contribution >= 0.6 is 0 Å². The fourth-order valence-corrected chi connectivity index (χ4v) is 3.89. The molecule has 0 aliphatic heterocycles. The first-order valence-corrected chi connectivity index (χ1v) is 10.2. The Kier molecular flexibility index (Phi) is 5.29. The third-order valence-corrected chi connectivity index (χ3v) is 5.55. The van der Waals surface area contributed by atoms with Crippen molar-refractivity contribution in [2.24, 2.45) is 5.92 Å². The van der Waals surface area contributed by atoms with Crippen molar-refractivity contribution in [3.63, 3.8) is 0 Å². The van der Waals surface area contributed by atoms with E-state index in [0.29, 0.717) is 22.7 Å². The lowest BCUT2D eigenvalue weighted by atomic mass is 9.99. The number of unbranched alkanes of at least 4 members (excludes halogenated alkanes) is 1. The van der Waals surface area contributed by atoms with Crippen LogP contribution in [0.15, 0.2) is 63.8 Å². The first kappa shape index (κ1) is 18.5. The SMILES string of the molecule is CCCCC(CC)Cn1c(-c2nc3ccccc3c(=O)o2)cc2ccccc21. The quantitative estimate of drug-likeness (QED) is 0.397. The summed E-state index contributed by atoms with van der Waals surface area (Å²) in [6, 6.07) is 17.7. The van der Waals surface area contributed by atoms with E-state index in [-0.39, 0.29) is 5.63 Å². The van der Waals surface area contributed by atoms with Crippen LogP contribution in [-0.4, -0.2) is 9.55 Å². The molecule has 4 nitrogen and oxygen atoms in total. The molecule has 28 heavy (non-hydrogen) atoms. The molecule has 0 spiro atoms. The maximum atomic E-state index is 12.5. The van der Waals surface area contributed by atoms with E-state index >= 15 is 0 Å². The molecular weight excluding hydrogens is 348 g/mol. The fraction of sp³-hybridized carbons (Fsp3) is 0.333. The smallest absolute Gasteiger partial charge is 0.347 e. The second-order valence-corrected chi connectivity index (χ2v) is 7.44. The van der Waals surface area contributed by atoms with Crippen LogP contribution in [0.1, 0.15) is 39.5 Å². The third-order valence-electron chi connectivity index (χ3n) is 5.55. The Bertz CT molecular complexity index is 1160. The molecule has 0 radical (unpaired) electrons. The number of fused-ring (bicyclic) bond motifs is 2. The second kappa shape index (κ2) is 8.01. The largest absolute Gasteiger partial charge is 0.401 e. The summed E-state index contributed by atoms with van der Waals surface area (Å²) < 4.78 is 7.93. The predicted molar refractivity (Wildman–Crippen MR) is 115 cm³/mol. The molecule has 0 aliphatic rings. The average molecular weight is 374 g/mol. The molecule has 1 atom stereocenters. The van der Waals surface area contributed by atoms with Crippen LogP contribution in [0, 0.1) is 5.92 Å². The summed E-state index contributed by atoms with van der Waals surface area (Å²) in [6.45, 7) is 5.38. The van der Waals surface area contributed by atoms with Crippen molar-refractivity contribution in [1.29, 1.82) is 0 Å². The van der Waals surface area contributed by atoms with Gasteiger partial charge in [-0.1, -0.05) is 63.4 Å². The Hall–Kier alpha value is -2.88. The highest BCUT2D eigenvalue weighted by atomic mass is 16.4. The number of para-hydroxylation sites is 2. The minimum atomic E-state index is -0.338. The summed E-state index contributed by atoms with van der Waals surface area (Å²) >= 11 is 0. The summed E-state index contributed by atoms with van der Waals surface area (Å²) in [7, 11) is 0. The molecule has 0 fully saturated rings. The number of hydrogen-bond acceptors (Lipinski definition) is 3. The molecule has 0 aliphatic carbocycles. The molecule has 1 unspecified atom stereocenters. The second-order valence-electron chi connectivity index (χ2n) is 7.44. The van der Waals surface area contributed by atoms with E-state index in [1.54, 1.807) is 6.07 Å². The molecule has 0 bridgehead atoms. The zero-order valence-electron chi connectivity index (χ0n) is 16.5. The van der Waals surface area contributed by atoms with Crippen molar-refractivity contribution >= 4 is 21.8 Å². The normalized spacial score (nSPS) is 12.6. The number of nitrogens with zero attached hydrogens (tertiary/aromatic N) is 2. The topological polar surface area (TPSA) is 48.0 Å². The summed E-state index contributed by atoms with van der Waals surface area (Å²) in [5.41, 5.74) is 2.36. The van der Waals surface area contributed by atoms with E-state index in [1.165, 1.54) is 19.3 Å². The van der Waals surface area contributed by atoms with Crippen LogP contribution < -0.4 is 5.63 Å². The molecule has 2 aromatic heterocycles. The first-order chi connectivity index (χ1) is 13.7. The van der Waals surface area contributed by atoms with Gasteiger partial charge in [-0.2, -0.15) is 0 Å². The lowest BCUT2D eigenvalue weighted by molar-refractivity contribution is 0.395. The van der Waals surface area contributed by atoms with Gasteiger partial charge in [0.15, 0.2) is 0 Å². The van der Waals surface area contributed by atoms with Crippen molar-refractivity contribution < 1.29 is 4.42 Å². The Morgan fingerprint density at radius 2 is 1.86 bits per heavy atom. The highest BCUT2D eigenvalue weighted by Gasteiger charge is 2.18. The van der Waals surface area contributed by atoms with E-state index in [4.69, 9.17) is 4.42 Å². The minimum Gasteiger partial charge on any atom is -0.401 e. The highest BCUT2D eigenvalue weighted by Crippen LogP contribution is 2.30. The Labute approximate surface area is 164 Å². The first-order valence-electron chi connectivity index (χ1n) is 10.2. The Morgan fingerprint density at radius 3 is 2.68 bits per heavy atom. The van der Waals surface area contributed by atoms with Crippen molar-refractivity contribution in [3.8, 4) is 11.6 Å². The van der Waals surface area contributed by atoms with E-state index < -0.39 is 0 Å². The fourth-order valence-electron chi connectivity index (χ4n) is 3.89. The molecule has 0 saturated carbocycles. The maximum absolute atomic E-state index is 12.5. The Morgan fingerprint density at radius 1 is 1.07 bits per heavy atom. The molecule has 0 saturated heterocycles. The van der Waals surface area contributed by atoms with Gasteiger partial charge in [0, 0.05) is 17.4 Å². The summed E-state index contributed by atoms with van der Waals surface area (Å²) in [6.07, 6.45) is 4.77. The number of hydrogen-bond donors (Lipinski definition) is 0. The van der Waals surface area contributed by atoms with Crippen LogP contribution in [0.4, 0.5) is 0 Å². The van der Waals surface area contributed by atoms with E-state index in [2.05, 4.69) is 47.7 Å². The lowest BCUT2D eigenvalue weighted by Crippen LogP contribution is -2.12. The van der Waals surface area contributed by atoms with Crippen LogP contribution in [0.3, 0.4) is 0 Å². The van der Waals surface area contributed by atoms with Gasteiger partial charge in [0.1, 0.15) is 5.69 Å². The molecule has 2 aromatic carbocycles. The molecule has 0 N–H and O–H groups in total. The highest BCUT2D eigenvalue weighted by molar-refractivity contribution is 5.86. The molecule has 4 rings (SSSR count). The van der Waals surface area contributed by atoms with E-state index in [0.717, 1.165) is 29.6 Å². The minimum absolute atomic E-state index is 0.338. The average Bonchev–Trinajstić information content (AvgIpc) is 3.09. The Balaban J connectivity index is 1.86. The number of benzene rings is 2. The van der Waals surface area contributed by atoms with E-state index in [1.807, 2.05) is 24.3 Å². The molecule has 144 valence electrons. The number of rotatable bonds is 7. The maximum Gasteiger partial charge on any atom is 0.347 e. The van der Waals surface area contributed by atoms with Gasteiger partial charge in [-0.15, -0.1) is 0 Å². The summed E-state index contributed by atoms with van der Waals surface area (Å²) in [5, 5.41) is 1.66. The molecule has 2 heterocycles. The van der Waals surface area contributed by atoms with Gasteiger partial charge in [-0.25, -0.2) is 9.78 Å². The summed E-state index contributed by atoms with van der Waals surface area (Å²) in [5.74, 6) is 0.979. The molecule has 4 heteroatoms. The van der Waals surface area contributed by atoms with Crippen molar-refractivity contribution in [2.45, 2.75) is 46.1 Å². The summed E-state index contributed by atoms with van der Waals surface area (Å²) in [4.78, 5) is 17.2. The molecular formula is C24H26N2O2. The zero-order valence-corrected chi connectivity index (χ0v) is 16.5.